The van der Waals surface area contributed by atoms with Gasteiger partial charge in [-0.25, -0.2) is 14.2 Å². The number of carboxylic acid groups (broad SMARTS) is 1. The molecule has 1 aliphatic heterocycles. The van der Waals surface area contributed by atoms with E-state index < -0.39 is 41.0 Å². The molecule has 1 aliphatic carbocycles. The third-order valence-corrected chi connectivity index (χ3v) is 5.42. The van der Waals surface area contributed by atoms with Gasteiger partial charge in [-0.05, 0) is 25.3 Å². The van der Waals surface area contributed by atoms with Gasteiger partial charge in [-0.3, -0.25) is 4.79 Å². The summed E-state index contributed by atoms with van der Waals surface area (Å²) >= 11 is 0. The maximum absolute atomic E-state index is 14.7. The van der Waals surface area contributed by atoms with Crippen LogP contribution in [-0.2, 0) is 0 Å². The number of alkyl halides is 3. The van der Waals surface area contributed by atoms with Crippen LogP contribution in [0, 0.1) is 11.7 Å². The predicted molar refractivity (Wildman–Crippen MR) is 93.6 cm³/mol. The van der Waals surface area contributed by atoms with Gasteiger partial charge in [0.2, 0.25) is 5.43 Å². The molecule has 2 fully saturated rings. The highest BCUT2D eigenvalue weighted by Gasteiger charge is 2.46. The minimum absolute atomic E-state index is 0.00716. The highest BCUT2D eigenvalue weighted by molar-refractivity contribution is 5.92. The Morgan fingerprint density at radius 2 is 1.97 bits per heavy atom. The Morgan fingerprint density at radius 1 is 1.28 bits per heavy atom. The summed E-state index contributed by atoms with van der Waals surface area (Å²) in [4.78, 5) is 29.3. The maximum Gasteiger partial charge on any atom is 0.414 e. The molecule has 2 atom stereocenters. The molecule has 3 heterocycles. The molecule has 0 aromatic carbocycles. The number of carbonyl (C=O) groups is 1. The van der Waals surface area contributed by atoms with E-state index in [1.54, 1.807) is 0 Å². The molecule has 1 saturated carbocycles. The van der Waals surface area contributed by atoms with E-state index in [-0.39, 0.29) is 42.4 Å². The molecule has 2 aromatic heterocycles. The minimum Gasteiger partial charge on any atom is -0.477 e. The lowest BCUT2D eigenvalue weighted by Gasteiger charge is -2.23. The average molecular weight is 415 g/mol. The van der Waals surface area contributed by atoms with Gasteiger partial charge in [0.15, 0.2) is 17.7 Å². The second-order valence-electron chi connectivity index (χ2n) is 7.46. The molecule has 0 unspecified atom stereocenters. The summed E-state index contributed by atoms with van der Waals surface area (Å²) < 4.78 is 54.5. The lowest BCUT2D eigenvalue weighted by atomic mass is 10.0. The minimum atomic E-state index is -4.77. The summed E-state index contributed by atoms with van der Waals surface area (Å²) in [5.74, 6) is -3.70. The standard InChI is InChI=1S/C18H17F4N3O4/c19-12-5-10-13(26)11(17(28)29)7-25(9-1-2-9)15(10)23-16(12)24-4-3-8(6-24)14(27)18(20,21)22/h5,7-9,14,27H,1-4,6H2,(H,28,29)/t8-,14+/m1/s1. The van der Waals surface area contributed by atoms with E-state index in [1.165, 1.54) is 15.7 Å². The lowest BCUT2D eigenvalue weighted by Crippen LogP contribution is -2.37. The van der Waals surface area contributed by atoms with Crippen LogP contribution in [0.5, 0.6) is 0 Å². The van der Waals surface area contributed by atoms with Crippen molar-refractivity contribution < 1.29 is 32.6 Å². The van der Waals surface area contributed by atoms with Gasteiger partial charge < -0.3 is 19.7 Å². The monoisotopic (exact) mass is 415 g/mol. The van der Waals surface area contributed by atoms with Gasteiger partial charge in [-0.15, -0.1) is 0 Å². The number of aliphatic hydroxyl groups excluding tert-OH is 1. The molecule has 1 saturated heterocycles. The van der Waals surface area contributed by atoms with Crippen molar-refractivity contribution in [1.29, 1.82) is 0 Å². The van der Waals surface area contributed by atoms with Gasteiger partial charge >= 0.3 is 12.1 Å². The fourth-order valence-corrected chi connectivity index (χ4v) is 3.75. The van der Waals surface area contributed by atoms with Gasteiger partial charge in [0.1, 0.15) is 11.2 Å². The number of rotatable bonds is 4. The molecular weight excluding hydrogens is 398 g/mol. The molecule has 0 radical (unpaired) electrons. The van der Waals surface area contributed by atoms with Crippen LogP contribution in [0.1, 0.15) is 35.7 Å². The maximum atomic E-state index is 14.7. The number of hydrogen-bond acceptors (Lipinski definition) is 5. The van der Waals surface area contributed by atoms with Crippen molar-refractivity contribution in [2.45, 2.75) is 37.6 Å². The Morgan fingerprint density at radius 3 is 2.55 bits per heavy atom. The van der Waals surface area contributed by atoms with E-state index in [2.05, 4.69) is 4.98 Å². The van der Waals surface area contributed by atoms with Gasteiger partial charge in [0, 0.05) is 31.2 Å². The van der Waals surface area contributed by atoms with Crippen molar-refractivity contribution in [3.8, 4) is 0 Å². The van der Waals surface area contributed by atoms with Crippen LogP contribution >= 0.6 is 0 Å². The van der Waals surface area contributed by atoms with E-state index in [1.807, 2.05) is 0 Å². The van der Waals surface area contributed by atoms with Crippen LogP contribution in [0.25, 0.3) is 11.0 Å². The van der Waals surface area contributed by atoms with Crippen molar-refractivity contribution in [3.05, 3.63) is 33.9 Å². The number of aliphatic hydroxyl groups is 1. The van der Waals surface area contributed by atoms with Crippen molar-refractivity contribution in [3.63, 3.8) is 0 Å². The molecular formula is C18H17F4N3O4. The van der Waals surface area contributed by atoms with E-state index in [0.717, 1.165) is 18.9 Å². The Labute approximate surface area is 161 Å². The quantitative estimate of drug-likeness (QED) is 0.745. The van der Waals surface area contributed by atoms with Crippen LogP contribution in [-0.4, -0.2) is 51.1 Å². The fourth-order valence-electron chi connectivity index (χ4n) is 3.75. The summed E-state index contributed by atoms with van der Waals surface area (Å²) in [6.07, 6.45) is -4.61. The zero-order valence-corrected chi connectivity index (χ0v) is 15.0. The van der Waals surface area contributed by atoms with Crippen molar-refractivity contribution in [2.24, 2.45) is 5.92 Å². The Hall–Kier alpha value is -2.69. The summed E-state index contributed by atoms with van der Waals surface area (Å²) in [5.41, 5.74) is -1.26. The number of anilines is 1. The third-order valence-electron chi connectivity index (χ3n) is 5.42. The first-order valence-corrected chi connectivity index (χ1v) is 9.06. The van der Waals surface area contributed by atoms with Crippen LogP contribution < -0.4 is 10.3 Å². The lowest BCUT2D eigenvalue weighted by molar-refractivity contribution is -0.217. The predicted octanol–water partition coefficient (Wildman–Crippen LogP) is 2.32. The van der Waals surface area contributed by atoms with E-state index in [0.29, 0.717) is 0 Å². The average Bonchev–Trinajstić information content (AvgIpc) is 3.37. The van der Waals surface area contributed by atoms with Crippen LogP contribution in [0.4, 0.5) is 23.4 Å². The number of aromatic nitrogens is 2. The molecule has 0 amide bonds. The number of hydrogen-bond donors (Lipinski definition) is 2. The largest absolute Gasteiger partial charge is 0.477 e. The normalized spacial score (nSPS) is 21.0. The Kier molecular flexibility index (Phi) is 4.52. The summed E-state index contributed by atoms with van der Waals surface area (Å²) in [6.45, 7) is -0.176. The first-order chi connectivity index (χ1) is 13.6. The van der Waals surface area contributed by atoms with Crippen LogP contribution in [0.2, 0.25) is 0 Å². The molecule has 2 aliphatic rings. The molecule has 2 aromatic rings. The van der Waals surface area contributed by atoms with Gasteiger partial charge in [0.05, 0.1) is 5.39 Å². The molecule has 0 bridgehead atoms. The van der Waals surface area contributed by atoms with Gasteiger partial charge in [0.25, 0.3) is 0 Å². The van der Waals surface area contributed by atoms with E-state index >= 15 is 0 Å². The van der Waals surface area contributed by atoms with E-state index in [9.17, 15) is 37.4 Å². The van der Waals surface area contributed by atoms with Crippen LogP contribution in [0.3, 0.4) is 0 Å². The van der Waals surface area contributed by atoms with Crippen molar-refractivity contribution >= 4 is 22.8 Å². The number of nitrogens with zero attached hydrogens (tertiary/aromatic N) is 3. The molecule has 2 N–H and O–H groups in total. The molecule has 0 spiro atoms. The van der Waals surface area contributed by atoms with Crippen molar-refractivity contribution in [1.82, 2.24) is 9.55 Å². The molecule has 156 valence electrons. The highest BCUT2D eigenvalue weighted by Crippen LogP contribution is 2.38. The smallest absolute Gasteiger partial charge is 0.414 e. The highest BCUT2D eigenvalue weighted by atomic mass is 19.4. The molecule has 11 heteroatoms. The van der Waals surface area contributed by atoms with E-state index in [4.69, 9.17) is 0 Å². The Bertz CT molecular complexity index is 1050. The number of halogens is 4. The number of fused-ring (bicyclic) bond motifs is 1. The number of aromatic carboxylic acids is 1. The molecule has 4 rings (SSSR count). The summed E-state index contributed by atoms with van der Waals surface area (Å²) in [6, 6.07) is 0.819. The van der Waals surface area contributed by atoms with Crippen LogP contribution in [0.15, 0.2) is 17.1 Å². The number of pyridine rings is 2. The fraction of sp³-hybridized carbons (Fsp3) is 0.500. The zero-order valence-electron chi connectivity index (χ0n) is 15.0. The second kappa shape index (κ2) is 6.68. The second-order valence-corrected chi connectivity index (χ2v) is 7.46. The number of carboxylic acids is 1. The third kappa shape index (κ3) is 3.43. The summed E-state index contributed by atoms with van der Waals surface area (Å²) in [5, 5.41) is 18.5. The van der Waals surface area contributed by atoms with Gasteiger partial charge in [-0.1, -0.05) is 0 Å². The first-order valence-electron chi connectivity index (χ1n) is 9.06. The summed E-state index contributed by atoms with van der Waals surface area (Å²) in [7, 11) is 0. The SMILES string of the molecule is O=C(O)c1cn(C2CC2)c2nc(N3CC[C@@H]([C@H](O)C(F)(F)F)C3)c(F)cc2c1=O. The first kappa shape index (κ1) is 19.6. The molecule has 29 heavy (non-hydrogen) atoms. The molecule has 7 nitrogen and oxygen atoms in total. The van der Waals surface area contributed by atoms with Gasteiger partial charge in [-0.2, -0.15) is 13.2 Å². The topological polar surface area (TPSA) is 95.7 Å². The Balaban J connectivity index is 1.77. The van der Waals surface area contributed by atoms with Crippen molar-refractivity contribution in [2.75, 3.05) is 18.0 Å². The zero-order chi connectivity index (χ0) is 21.1.